The summed E-state index contributed by atoms with van der Waals surface area (Å²) in [6.07, 6.45) is 6.96. The summed E-state index contributed by atoms with van der Waals surface area (Å²) in [6, 6.07) is 0.832. The zero-order valence-electron chi connectivity index (χ0n) is 7.90. The Bertz CT molecular complexity index is 101. The molecule has 0 saturated heterocycles. The normalized spacial score (nSPS) is 32.2. The van der Waals surface area contributed by atoms with Gasteiger partial charge in [-0.25, -0.2) is 0 Å². The predicted octanol–water partition coefficient (Wildman–Crippen LogP) is 2.56. The van der Waals surface area contributed by atoms with E-state index in [1.807, 2.05) is 0 Å². The molecule has 1 aliphatic carbocycles. The van der Waals surface area contributed by atoms with Crippen molar-refractivity contribution in [3.8, 4) is 0 Å². The van der Waals surface area contributed by atoms with E-state index >= 15 is 0 Å². The second-order valence-electron chi connectivity index (χ2n) is 3.92. The van der Waals surface area contributed by atoms with Crippen molar-refractivity contribution in [3.63, 3.8) is 0 Å². The molecule has 0 aromatic heterocycles. The standard InChI is InChI=1S/C10H21N/c1-3-7-11-10-6-4-5-9(2)8-10/h9-11H,3-8H2,1-2H3. The van der Waals surface area contributed by atoms with Crippen molar-refractivity contribution in [3.05, 3.63) is 0 Å². The maximum absolute atomic E-state index is 3.60. The molecule has 0 aromatic rings. The van der Waals surface area contributed by atoms with Gasteiger partial charge in [-0.2, -0.15) is 0 Å². The maximum Gasteiger partial charge on any atom is 0.00695 e. The van der Waals surface area contributed by atoms with E-state index in [2.05, 4.69) is 19.2 Å². The van der Waals surface area contributed by atoms with Gasteiger partial charge in [0.2, 0.25) is 0 Å². The molecular weight excluding hydrogens is 134 g/mol. The number of hydrogen-bond acceptors (Lipinski definition) is 1. The SMILES string of the molecule is CCCNC1CCCC(C)C1. The summed E-state index contributed by atoms with van der Waals surface area (Å²) >= 11 is 0. The molecule has 2 atom stereocenters. The molecule has 0 bridgehead atoms. The first kappa shape index (κ1) is 9.05. The second kappa shape index (κ2) is 4.76. The highest BCUT2D eigenvalue weighted by molar-refractivity contribution is 4.75. The van der Waals surface area contributed by atoms with E-state index in [0.717, 1.165) is 12.0 Å². The highest BCUT2D eigenvalue weighted by atomic mass is 14.9. The Morgan fingerprint density at radius 1 is 1.36 bits per heavy atom. The third-order valence-corrected chi connectivity index (χ3v) is 2.62. The molecule has 1 nitrogen and oxygen atoms in total. The molecule has 1 aliphatic rings. The summed E-state index contributed by atoms with van der Waals surface area (Å²) in [5.41, 5.74) is 0. The molecule has 1 rings (SSSR count). The van der Waals surface area contributed by atoms with Gasteiger partial charge in [-0.1, -0.05) is 26.7 Å². The van der Waals surface area contributed by atoms with E-state index in [1.54, 1.807) is 0 Å². The number of rotatable bonds is 3. The van der Waals surface area contributed by atoms with Gasteiger partial charge in [-0.15, -0.1) is 0 Å². The first-order valence-electron chi connectivity index (χ1n) is 5.06. The van der Waals surface area contributed by atoms with Crippen molar-refractivity contribution in [2.75, 3.05) is 6.54 Å². The average Bonchev–Trinajstić information content (AvgIpc) is 2.01. The zero-order chi connectivity index (χ0) is 8.10. The van der Waals surface area contributed by atoms with Crippen LogP contribution >= 0.6 is 0 Å². The fraction of sp³-hybridized carbons (Fsp3) is 1.00. The minimum atomic E-state index is 0.832. The fourth-order valence-corrected chi connectivity index (χ4v) is 1.97. The Labute approximate surface area is 70.6 Å². The van der Waals surface area contributed by atoms with Crippen LogP contribution in [0.3, 0.4) is 0 Å². The van der Waals surface area contributed by atoms with Crippen LogP contribution in [0, 0.1) is 5.92 Å². The number of nitrogens with one attached hydrogen (secondary N) is 1. The van der Waals surface area contributed by atoms with E-state index in [-0.39, 0.29) is 0 Å². The number of hydrogen-bond donors (Lipinski definition) is 1. The molecule has 2 unspecified atom stereocenters. The molecule has 66 valence electrons. The van der Waals surface area contributed by atoms with E-state index in [4.69, 9.17) is 0 Å². The van der Waals surface area contributed by atoms with Crippen LogP contribution in [0.4, 0.5) is 0 Å². The van der Waals surface area contributed by atoms with Crippen molar-refractivity contribution in [2.45, 2.75) is 52.0 Å². The Morgan fingerprint density at radius 3 is 2.82 bits per heavy atom. The van der Waals surface area contributed by atoms with E-state index in [1.165, 1.54) is 38.6 Å². The summed E-state index contributed by atoms with van der Waals surface area (Å²) in [5, 5.41) is 3.60. The van der Waals surface area contributed by atoms with Crippen LogP contribution in [0.2, 0.25) is 0 Å². The van der Waals surface area contributed by atoms with Crippen LogP contribution < -0.4 is 5.32 Å². The van der Waals surface area contributed by atoms with Gasteiger partial charge in [-0.3, -0.25) is 0 Å². The van der Waals surface area contributed by atoms with Crippen molar-refractivity contribution >= 4 is 0 Å². The zero-order valence-corrected chi connectivity index (χ0v) is 7.90. The van der Waals surface area contributed by atoms with Crippen molar-refractivity contribution in [1.29, 1.82) is 0 Å². The minimum absolute atomic E-state index is 0.832. The molecule has 0 amide bonds. The van der Waals surface area contributed by atoms with Crippen LogP contribution in [0.5, 0.6) is 0 Å². The van der Waals surface area contributed by atoms with Gasteiger partial charge in [0.1, 0.15) is 0 Å². The van der Waals surface area contributed by atoms with Crippen LogP contribution in [0.15, 0.2) is 0 Å². The molecule has 11 heavy (non-hydrogen) atoms. The van der Waals surface area contributed by atoms with Crippen molar-refractivity contribution < 1.29 is 0 Å². The largest absolute Gasteiger partial charge is 0.314 e. The van der Waals surface area contributed by atoms with Gasteiger partial charge >= 0.3 is 0 Å². The van der Waals surface area contributed by atoms with Gasteiger partial charge in [0.15, 0.2) is 0 Å². The molecule has 0 aromatic carbocycles. The maximum atomic E-state index is 3.60. The molecule has 1 heteroatoms. The minimum Gasteiger partial charge on any atom is -0.314 e. The van der Waals surface area contributed by atoms with Crippen LogP contribution in [0.1, 0.15) is 46.0 Å². The van der Waals surface area contributed by atoms with Gasteiger partial charge in [-0.05, 0) is 31.7 Å². The molecule has 0 aliphatic heterocycles. The molecule has 0 spiro atoms. The Morgan fingerprint density at radius 2 is 2.18 bits per heavy atom. The van der Waals surface area contributed by atoms with E-state index < -0.39 is 0 Å². The molecule has 1 N–H and O–H groups in total. The van der Waals surface area contributed by atoms with Gasteiger partial charge in [0.05, 0.1) is 0 Å². The summed E-state index contributed by atoms with van der Waals surface area (Å²) in [4.78, 5) is 0. The Balaban J connectivity index is 2.12. The third kappa shape index (κ3) is 3.24. The van der Waals surface area contributed by atoms with Gasteiger partial charge in [0, 0.05) is 6.04 Å². The van der Waals surface area contributed by atoms with Gasteiger partial charge in [0.25, 0.3) is 0 Å². The molecule has 0 heterocycles. The lowest BCUT2D eigenvalue weighted by atomic mass is 9.87. The van der Waals surface area contributed by atoms with E-state index in [9.17, 15) is 0 Å². The Kier molecular flexibility index (Phi) is 3.92. The van der Waals surface area contributed by atoms with Crippen LogP contribution in [0.25, 0.3) is 0 Å². The summed E-state index contributed by atoms with van der Waals surface area (Å²) in [6.45, 7) is 5.82. The highest BCUT2D eigenvalue weighted by Crippen LogP contribution is 2.23. The lowest BCUT2D eigenvalue weighted by molar-refractivity contribution is 0.302. The fourth-order valence-electron chi connectivity index (χ4n) is 1.97. The molecule has 1 fully saturated rings. The summed E-state index contributed by atoms with van der Waals surface area (Å²) in [5.74, 6) is 0.957. The lowest BCUT2D eigenvalue weighted by Gasteiger charge is -2.27. The molecule has 1 saturated carbocycles. The molecular formula is C10H21N. The average molecular weight is 155 g/mol. The van der Waals surface area contributed by atoms with Crippen molar-refractivity contribution in [1.82, 2.24) is 5.32 Å². The monoisotopic (exact) mass is 155 g/mol. The quantitative estimate of drug-likeness (QED) is 0.660. The van der Waals surface area contributed by atoms with Crippen molar-refractivity contribution in [2.24, 2.45) is 5.92 Å². The van der Waals surface area contributed by atoms with Gasteiger partial charge < -0.3 is 5.32 Å². The third-order valence-electron chi connectivity index (χ3n) is 2.62. The highest BCUT2D eigenvalue weighted by Gasteiger charge is 2.17. The van der Waals surface area contributed by atoms with Crippen LogP contribution in [-0.2, 0) is 0 Å². The molecule has 0 radical (unpaired) electrons. The Hall–Kier alpha value is -0.0400. The smallest absolute Gasteiger partial charge is 0.00695 e. The second-order valence-corrected chi connectivity index (χ2v) is 3.92. The lowest BCUT2D eigenvalue weighted by Crippen LogP contribution is -2.33. The summed E-state index contributed by atoms with van der Waals surface area (Å²) < 4.78 is 0. The van der Waals surface area contributed by atoms with Crippen LogP contribution in [-0.4, -0.2) is 12.6 Å². The predicted molar refractivity (Wildman–Crippen MR) is 49.7 cm³/mol. The first-order valence-corrected chi connectivity index (χ1v) is 5.06. The van der Waals surface area contributed by atoms with E-state index in [0.29, 0.717) is 0 Å². The first-order chi connectivity index (χ1) is 5.33. The topological polar surface area (TPSA) is 12.0 Å². The summed E-state index contributed by atoms with van der Waals surface area (Å²) in [7, 11) is 0.